The highest BCUT2D eigenvalue weighted by atomic mass is 35.5. The van der Waals surface area contributed by atoms with Crippen LogP contribution in [0.1, 0.15) is 22.6 Å². The van der Waals surface area contributed by atoms with Crippen LogP contribution in [0.2, 0.25) is 5.02 Å². The molecule has 2 aromatic carbocycles. The van der Waals surface area contributed by atoms with Crippen molar-refractivity contribution >= 4 is 11.6 Å². The molecule has 1 aliphatic carbocycles. The van der Waals surface area contributed by atoms with Gasteiger partial charge in [0.2, 0.25) is 0 Å². The molecule has 0 fully saturated rings. The number of hydrogen-bond acceptors (Lipinski definition) is 1. The molecular formula is C17H17ClFN. The van der Waals surface area contributed by atoms with E-state index in [0.717, 1.165) is 18.4 Å². The van der Waals surface area contributed by atoms with Crippen molar-refractivity contribution in [2.45, 2.75) is 24.8 Å². The molecule has 104 valence electrons. The van der Waals surface area contributed by atoms with Crippen molar-refractivity contribution in [3.8, 4) is 0 Å². The van der Waals surface area contributed by atoms with E-state index in [0.29, 0.717) is 12.0 Å². The van der Waals surface area contributed by atoms with Gasteiger partial charge in [0.05, 0.1) is 5.02 Å². The SMILES string of the molecule is CNC(Cc1ccc(F)c(Cl)c1)C1Cc2ccccc21. The highest BCUT2D eigenvalue weighted by Crippen LogP contribution is 2.38. The van der Waals surface area contributed by atoms with Gasteiger partial charge in [0.1, 0.15) is 5.82 Å². The average molecular weight is 290 g/mol. The van der Waals surface area contributed by atoms with Crippen molar-refractivity contribution in [3.05, 3.63) is 70.0 Å². The lowest BCUT2D eigenvalue weighted by Crippen LogP contribution is -2.39. The molecule has 2 aromatic rings. The van der Waals surface area contributed by atoms with Gasteiger partial charge in [-0.05, 0) is 48.7 Å². The van der Waals surface area contributed by atoms with Crippen LogP contribution in [0.3, 0.4) is 0 Å². The first-order valence-electron chi connectivity index (χ1n) is 6.88. The first-order chi connectivity index (χ1) is 9.69. The Morgan fingerprint density at radius 2 is 2.10 bits per heavy atom. The molecule has 3 heteroatoms. The van der Waals surface area contributed by atoms with E-state index in [-0.39, 0.29) is 10.8 Å². The van der Waals surface area contributed by atoms with Gasteiger partial charge in [-0.15, -0.1) is 0 Å². The molecule has 0 bridgehead atoms. The fourth-order valence-corrected chi connectivity index (χ4v) is 3.23. The molecule has 0 saturated heterocycles. The fourth-order valence-electron chi connectivity index (χ4n) is 3.02. The lowest BCUT2D eigenvalue weighted by Gasteiger charge is -2.36. The van der Waals surface area contributed by atoms with Gasteiger partial charge >= 0.3 is 0 Å². The molecule has 2 atom stereocenters. The largest absolute Gasteiger partial charge is 0.316 e. The molecule has 20 heavy (non-hydrogen) atoms. The van der Waals surface area contributed by atoms with Crippen molar-refractivity contribution in [2.24, 2.45) is 0 Å². The molecule has 2 unspecified atom stereocenters. The highest BCUT2D eigenvalue weighted by Gasteiger charge is 2.31. The molecular weight excluding hydrogens is 273 g/mol. The Bertz CT molecular complexity index is 626. The van der Waals surface area contributed by atoms with Crippen molar-refractivity contribution in [2.75, 3.05) is 7.05 Å². The molecule has 0 radical (unpaired) electrons. The predicted molar refractivity (Wildman–Crippen MR) is 80.8 cm³/mol. The third kappa shape index (κ3) is 2.46. The zero-order chi connectivity index (χ0) is 14.1. The van der Waals surface area contributed by atoms with Crippen LogP contribution >= 0.6 is 11.6 Å². The number of halogens is 2. The van der Waals surface area contributed by atoms with Gasteiger partial charge in [-0.3, -0.25) is 0 Å². The predicted octanol–water partition coefficient (Wildman–Crippen LogP) is 3.95. The Balaban J connectivity index is 1.77. The van der Waals surface area contributed by atoms with Crippen LogP contribution in [-0.4, -0.2) is 13.1 Å². The number of hydrogen-bond donors (Lipinski definition) is 1. The smallest absolute Gasteiger partial charge is 0.141 e. The van der Waals surface area contributed by atoms with Crippen molar-refractivity contribution < 1.29 is 4.39 Å². The second kappa shape index (κ2) is 5.55. The molecule has 0 spiro atoms. The van der Waals surface area contributed by atoms with Crippen LogP contribution < -0.4 is 5.32 Å². The summed E-state index contributed by atoms with van der Waals surface area (Å²) in [7, 11) is 1.98. The summed E-state index contributed by atoms with van der Waals surface area (Å²) in [6.45, 7) is 0. The minimum absolute atomic E-state index is 0.200. The first-order valence-corrected chi connectivity index (χ1v) is 7.26. The van der Waals surface area contributed by atoms with E-state index in [9.17, 15) is 4.39 Å². The van der Waals surface area contributed by atoms with Gasteiger partial charge in [0.15, 0.2) is 0 Å². The van der Waals surface area contributed by atoms with Crippen molar-refractivity contribution in [3.63, 3.8) is 0 Å². The van der Waals surface area contributed by atoms with E-state index in [1.54, 1.807) is 6.07 Å². The standard InChI is InChI=1S/C17H17ClFN/c1-20-17(9-11-6-7-16(19)15(18)8-11)14-10-12-4-2-3-5-13(12)14/h2-8,14,17,20H,9-10H2,1H3. The van der Waals surface area contributed by atoms with Crippen molar-refractivity contribution in [1.29, 1.82) is 0 Å². The second-order valence-electron chi connectivity index (χ2n) is 5.36. The van der Waals surface area contributed by atoms with Crippen LogP contribution in [0.4, 0.5) is 4.39 Å². The first kappa shape index (κ1) is 13.6. The summed E-state index contributed by atoms with van der Waals surface area (Å²) in [5, 5.41) is 3.59. The van der Waals surface area contributed by atoms with Crippen LogP contribution in [-0.2, 0) is 12.8 Å². The van der Waals surface area contributed by atoms with Crippen LogP contribution in [0.5, 0.6) is 0 Å². The summed E-state index contributed by atoms with van der Waals surface area (Å²) in [5.41, 5.74) is 3.94. The Morgan fingerprint density at radius 1 is 1.30 bits per heavy atom. The maximum Gasteiger partial charge on any atom is 0.141 e. The molecule has 1 nitrogen and oxygen atoms in total. The number of rotatable bonds is 4. The molecule has 0 saturated carbocycles. The minimum Gasteiger partial charge on any atom is -0.316 e. The molecule has 1 N–H and O–H groups in total. The fraction of sp³-hybridized carbons (Fsp3) is 0.294. The van der Waals surface area contributed by atoms with E-state index in [1.807, 2.05) is 13.1 Å². The number of nitrogens with one attached hydrogen (secondary N) is 1. The zero-order valence-corrected chi connectivity index (χ0v) is 12.1. The van der Waals surface area contributed by atoms with Crippen LogP contribution in [0, 0.1) is 5.82 Å². The van der Waals surface area contributed by atoms with E-state index in [4.69, 9.17) is 11.6 Å². The lowest BCUT2D eigenvalue weighted by molar-refractivity contribution is 0.422. The van der Waals surface area contributed by atoms with E-state index in [2.05, 4.69) is 29.6 Å². The lowest BCUT2D eigenvalue weighted by atomic mass is 9.72. The maximum absolute atomic E-state index is 13.2. The summed E-state index contributed by atoms with van der Waals surface area (Å²) in [6.07, 6.45) is 1.96. The van der Waals surface area contributed by atoms with E-state index < -0.39 is 0 Å². The molecule has 3 rings (SSSR count). The second-order valence-corrected chi connectivity index (χ2v) is 5.76. The quantitative estimate of drug-likeness (QED) is 0.899. The minimum atomic E-state index is -0.356. The van der Waals surface area contributed by atoms with Gasteiger partial charge in [-0.2, -0.15) is 0 Å². The molecule has 1 aliphatic rings. The van der Waals surface area contributed by atoms with Gasteiger partial charge in [0.25, 0.3) is 0 Å². The summed E-state index contributed by atoms with van der Waals surface area (Å²) in [6, 6.07) is 13.9. The van der Waals surface area contributed by atoms with Gasteiger partial charge in [-0.25, -0.2) is 4.39 Å². The summed E-state index contributed by atoms with van der Waals surface area (Å²) >= 11 is 5.85. The number of likely N-dealkylation sites (N-methyl/N-ethyl adjacent to an activating group) is 1. The Hall–Kier alpha value is -1.38. The van der Waals surface area contributed by atoms with Crippen LogP contribution in [0.25, 0.3) is 0 Å². The average Bonchev–Trinajstić information content (AvgIpc) is 2.43. The van der Waals surface area contributed by atoms with E-state index >= 15 is 0 Å². The third-order valence-corrected chi connectivity index (χ3v) is 4.48. The Morgan fingerprint density at radius 3 is 2.80 bits per heavy atom. The topological polar surface area (TPSA) is 12.0 Å². The zero-order valence-electron chi connectivity index (χ0n) is 11.4. The third-order valence-electron chi connectivity index (χ3n) is 4.19. The Labute approximate surface area is 123 Å². The summed E-state index contributed by atoms with van der Waals surface area (Å²) < 4.78 is 13.2. The van der Waals surface area contributed by atoms with Gasteiger partial charge < -0.3 is 5.32 Å². The van der Waals surface area contributed by atoms with Crippen LogP contribution in [0.15, 0.2) is 42.5 Å². The highest BCUT2D eigenvalue weighted by molar-refractivity contribution is 6.30. The maximum atomic E-state index is 13.2. The van der Waals surface area contributed by atoms with E-state index in [1.165, 1.54) is 17.2 Å². The molecule has 0 amide bonds. The van der Waals surface area contributed by atoms with Crippen molar-refractivity contribution in [1.82, 2.24) is 5.32 Å². The summed E-state index contributed by atoms with van der Waals surface area (Å²) in [4.78, 5) is 0. The number of benzene rings is 2. The van der Waals surface area contributed by atoms with Gasteiger partial charge in [0, 0.05) is 12.0 Å². The monoisotopic (exact) mass is 289 g/mol. The molecule has 0 aliphatic heterocycles. The summed E-state index contributed by atoms with van der Waals surface area (Å²) in [5.74, 6) is 0.172. The normalized spacial score (nSPS) is 18.2. The Kier molecular flexibility index (Phi) is 3.77. The molecule has 0 aromatic heterocycles. The van der Waals surface area contributed by atoms with Gasteiger partial charge in [-0.1, -0.05) is 41.9 Å². The molecule has 0 heterocycles. The number of fused-ring (bicyclic) bond motifs is 1.